The zero-order valence-corrected chi connectivity index (χ0v) is 20.5. The van der Waals surface area contributed by atoms with Crippen LogP contribution in [-0.4, -0.2) is 27.1 Å². The van der Waals surface area contributed by atoms with Crippen molar-refractivity contribution in [3.63, 3.8) is 0 Å². The maximum absolute atomic E-state index is 8.58. The molecule has 0 spiro atoms. The van der Waals surface area contributed by atoms with E-state index >= 15 is 0 Å². The molecule has 0 atom stereocenters. The highest BCUT2D eigenvalue weighted by Crippen LogP contribution is 2.18. The Balaban J connectivity index is 0.000000167. The first-order valence-corrected chi connectivity index (χ1v) is 11.2. The minimum atomic E-state index is -1.34. The zero-order valence-electron chi connectivity index (χ0n) is 15.7. The Morgan fingerprint density at radius 3 is 1.40 bits per heavy atom. The van der Waals surface area contributed by atoms with E-state index < -0.39 is 7.12 Å². The van der Waals surface area contributed by atoms with Crippen LogP contribution in [0.5, 0.6) is 0 Å². The van der Waals surface area contributed by atoms with Gasteiger partial charge in [0, 0.05) is 5.56 Å². The van der Waals surface area contributed by atoms with Gasteiger partial charge in [0.2, 0.25) is 0 Å². The van der Waals surface area contributed by atoms with Crippen molar-refractivity contribution >= 4 is 60.4 Å². The topological polar surface area (TPSA) is 66.2 Å². The van der Waals surface area contributed by atoms with E-state index in [-0.39, 0.29) is 0 Å². The first-order valence-electron chi connectivity index (χ1n) is 8.83. The van der Waals surface area contributed by atoms with Gasteiger partial charge in [-0.15, -0.1) is 0 Å². The molecule has 4 rings (SSSR count). The van der Waals surface area contributed by atoms with Gasteiger partial charge in [-0.05, 0) is 77.5 Å². The Bertz CT molecular complexity index is 1010. The summed E-state index contributed by atoms with van der Waals surface area (Å²) in [6.45, 7) is 0. The summed E-state index contributed by atoms with van der Waals surface area (Å²) in [4.78, 5) is 8.37. The highest BCUT2D eigenvalue weighted by molar-refractivity contribution is 9.11. The normalized spacial score (nSPS) is 9.50. The number of hydrogen-bond acceptors (Lipinski definition) is 4. The molecule has 0 saturated heterocycles. The molecule has 0 saturated carbocycles. The molecule has 0 unspecified atom stereocenters. The molecule has 4 aromatic rings. The lowest BCUT2D eigenvalue weighted by atomic mass is 9.81. The van der Waals surface area contributed by atoms with Crippen LogP contribution in [0.1, 0.15) is 0 Å². The van der Waals surface area contributed by atoms with Crippen molar-refractivity contribution in [3.8, 4) is 11.3 Å². The van der Waals surface area contributed by atoms with Crippen LogP contribution in [0.25, 0.3) is 11.3 Å². The Labute approximate surface area is 201 Å². The Morgan fingerprint density at radius 2 is 1.00 bits per heavy atom. The molecule has 2 aromatic heterocycles. The van der Waals surface area contributed by atoms with E-state index in [2.05, 4.69) is 69.9 Å². The Kier molecular flexibility index (Phi) is 11.0. The van der Waals surface area contributed by atoms with E-state index in [1.54, 1.807) is 24.3 Å². The van der Waals surface area contributed by atoms with Gasteiger partial charge < -0.3 is 10.0 Å². The van der Waals surface area contributed by atoms with Gasteiger partial charge in [-0.3, -0.25) is 0 Å². The smallest absolute Gasteiger partial charge is 0.423 e. The average Bonchev–Trinajstić information content (AvgIpc) is 2.76. The van der Waals surface area contributed by atoms with E-state index in [1.165, 1.54) is 0 Å². The lowest BCUT2D eigenvalue weighted by molar-refractivity contribution is 0.426. The number of halogens is 3. The largest absolute Gasteiger partial charge is 0.488 e. The molecule has 2 aromatic carbocycles. The molecule has 0 bridgehead atoms. The van der Waals surface area contributed by atoms with Gasteiger partial charge in [-0.2, -0.15) is 0 Å². The molecule has 0 aliphatic carbocycles. The summed E-state index contributed by atoms with van der Waals surface area (Å²) < 4.78 is 2.58. The van der Waals surface area contributed by atoms with Crippen molar-refractivity contribution in [1.29, 1.82) is 0 Å². The molecule has 30 heavy (non-hydrogen) atoms. The van der Waals surface area contributed by atoms with E-state index in [0.29, 0.717) is 5.46 Å². The van der Waals surface area contributed by atoms with E-state index in [4.69, 9.17) is 10.0 Å². The quantitative estimate of drug-likeness (QED) is 0.239. The van der Waals surface area contributed by atoms with Crippen molar-refractivity contribution in [2.45, 2.75) is 0 Å². The lowest BCUT2D eigenvalue weighted by Gasteiger charge is -1.99. The summed E-state index contributed by atoms with van der Waals surface area (Å²) in [6, 6.07) is 30.4. The van der Waals surface area contributed by atoms with Crippen LogP contribution < -0.4 is 5.46 Å². The van der Waals surface area contributed by atoms with E-state index in [0.717, 1.165) is 25.1 Å². The number of nitrogens with zero attached hydrogens (tertiary/aromatic N) is 2. The fourth-order valence-corrected chi connectivity index (χ4v) is 3.46. The summed E-state index contributed by atoms with van der Waals surface area (Å²) in [5, 5.41) is 17.2. The van der Waals surface area contributed by atoms with Gasteiger partial charge in [0.1, 0.15) is 13.8 Å². The van der Waals surface area contributed by atoms with Crippen LogP contribution in [0.3, 0.4) is 0 Å². The van der Waals surface area contributed by atoms with Crippen molar-refractivity contribution in [2.24, 2.45) is 0 Å². The predicted molar refractivity (Wildman–Crippen MR) is 133 cm³/mol. The van der Waals surface area contributed by atoms with Crippen molar-refractivity contribution in [3.05, 3.63) is 111 Å². The molecule has 2 N–H and O–H groups in total. The summed E-state index contributed by atoms with van der Waals surface area (Å²) in [7, 11) is -1.34. The fourth-order valence-electron chi connectivity index (χ4n) is 2.19. The van der Waals surface area contributed by atoms with Crippen LogP contribution in [-0.2, 0) is 0 Å². The highest BCUT2D eigenvalue weighted by atomic mass is 79.9. The van der Waals surface area contributed by atoms with Crippen molar-refractivity contribution in [1.82, 2.24) is 9.97 Å². The molecule has 8 heteroatoms. The van der Waals surface area contributed by atoms with Crippen LogP contribution in [0.4, 0.5) is 0 Å². The number of rotatable bonds is 2. The van der Waals surface area contributed by atoms with Crippen LogP contribution >= 0.6 is 47.8 Å². The third-order valence-electron chi connectivity index (χ3n) is 3.56. The minimum Gasteiger partial charge on any atom is -0.423 e. The molecule has 0 aliphatic heterocycles. The molecule has 2 heterocycles. The molecule has 4 nitrogen and oxygen atoms in total. The zero-order chi connectivity index (χ0) is 21.8. The van der Waals surface area contributed by atoms with Crippen molar-refractivity contribution < 1.29 is 10.0 Å². The number of pyridine rings is 2. The predicted octanol–water partition coefficient (Wildman–Crippen LogP) is 5.48. The Morgan fingerprint density at radius 1 is 0.533 bits per heavy atom. The van der Waals surface area contributed by atoms with Gasteiger partial charge >= 0.3 is 7.12 Å². The third-order valence-corrected chi connectivity index (χ3v) is 4.89. The standard InChI is InChI=1S/C11H8BrN.C6H7BO2.C5H3Br2N/c12-11-8-4-7-10(13-11)9-5-2-1-3-6-9;8-7(9)6-4-2-1-3-5-6;6-4-2-1-3-5(7)8-4/h1-8H;1-5,8-9H;1-3H. The van der Waals surface area contributed by atoms with Crippen LogP contribution in [0, 0.1) is 0 Å². The van der Waals surface area contributed by atoms with E-state index in [1.807, 2.05) is 60.7 Å². The molecule has 0 aliphatic rings. The van der Waals surface area contributed by atoms with Gasteiger partial charge in [0.05, 0.1) is 5.69 Å². The maximum atomic E-state index is 8.58. The first kappa shape index (κ1) is 24.4. The van der Waals surface area contributed by atoms with Crippen molar-refractivity contribution in [2.75, 3.05) is 0 Å². The molecule has 0 amide bonds. The Hall–Kier alpha value is -1.84. The van der Waals surface area contributed by atoms with Gasteiger partial charge in [-0.1, -0.05) is 72.8 Å². The summed E-state index contributed by atoms with van der Waals surface area (Å²) in [6.07, 6.45) is 0. The lowest BCUT2D eigenvalue weighted by Crippen LogP contribution is -2.29. The highest BCUT2D eigenvalue weighted by Gasteiger charge is 2.07. The molecule has 0 fully saturated rings. The van der Waals surface area contributed by atoms with Gasteiger partial charge in [0.15, 0.2) is 0 Å². The molecule has 0 radical (unpaired) electrons. The summed E-state index contributed by atoms with van der Waals surface area (Å²) in [5.41, 5.74) is 2.66. The summed E-state index contributed by atoms with van der Waals surface area (Å²) in [5.74, 6) is 0. The molecular formula is C22H18BBr3N2O2. The average molecular weight is 593 g/mol. The second kappa shape index (κ2) is 13.5. The second-order valence-electron chi connectivity index (χ2n) is 5.78. The monoisotopic (exact) mass is 590 g/mol. The molecular weight excluding hydrogens is 575 g/mol. The number of hydrogen-bond donors (Lipinski definition) is 2. The third kappa shape index (κ3) is 9.32. The fraction of sp³-hybridized carbons (Fsp3) is 0. The van der Waals surface area contributed by atoms with Gasteiger partial charge in [-0.25, -0.2) is 9.97 Å². The second-order valence-corrected chi connectivity index (χ2v) is 8.22. The first-order chi connectivity index (χ1) is 14.5. The summed E-state index contributed by atoms with van der Waals surface area (Å²) >= 11 is 9.79. The van der Waals surface area contributed by atoms with Gasteiger partial charge in [0.25, 0.3) is 0 Å². The SMILES string of the molecule is Brc1cccc(-c2ccccc2)n1.Brc1cccc(Br)n1.OB(O)c1ccccc1. The number of benzene rings is 2. The maximum Gasteiger partial charge on any atom is 0.488 e. The minimum absolute atomic E-state index is 0.525. The molecule has 152 valence electrons. The van der Waals surface area contributed by atoms with E-state index in [9.17, 15) is 0 Å². The van der Waals surface area contributed by atoms with Crippen LogP contribution in [0.15, 0.2) is 111 Å². The number of aromatic nitrogens is 2. The van der Waals surface area contributed by atoms with Crippen LogP contribution in [0.2, 0.25) is 0 Å².